The van der Waals surface area contributed by atoms with Crippen LogP contribution in [0.15, 0.2) is 0 Å². The first kappa shape index (κ1) is 17.9. The van der Waals surface area contributed by atoms with Crippen LogP contribution in [0.2, 0.25) is 0 Å². The predicted molar refractivity (Wildman–Crippen MR) is 90.2 cm³/mol. The van der Waals surface area contributed by atoms with Gasteiger partial charge in [-0.1, -0.05) is 6.42 Å². The Morgan fingerprint density at radius 2 is 2.04 bits per heavy atom. The Labute approximate surface area is 138 Å². The van der Waals surface area contributed by atoms with Crippen LogP contribution in [0.25, 0.3) is 0 Å². The second-order valence-electron chi connectivity index (χ2n) is 6.32. The summed E-state index contributed by atoms with van der Waals surface area (Å²) < 4.78 is 1.86. The maximum Gasteiger partial charge on any atom is 0.222 e. The van der Waals surface area contributed by atoms with Crippen LogP contribution in [0.1, 0.15) is 49.1 Å². The molecule has 1 aliphatic rings. The van der Waals surface area contributed by atoms with Crippen LogP contribution in [-0.4, -0.2) is 51.9 Å². The highest BCUT2D eigenvalue weighted by Gasteiger charge is 2.15. The van der Waals surface area contributed by atoms with Crippen molar-refractivity contribution < 1.29 is 9.90 Å². The second-order valence-corrected chi connectivity index (χ2v) is 6.32. The number of hydrogen-bond acceptors (Lipinski definition) is 4. The van der Waals surface area contributed by atoms with E-state index < -0.39 is 0 Å². The molecule has 2 N–H and O–H groups in total. The first-order valence-corrected chi connectivity index (χ1v) is 8.75. The Kier molecular flexibility index (Phi) is 7.05. The molecule has 1 aliphatic heterocycles. The highest BCUT2D eigenvalue weighted by molar-refractivity contribution is 5.76. The van der Waals surface area contributed by atoms with Crippen molar-refractivity contribution in [2.45, 2.75) is 59.0 Å². The number of aryl methyl sites for hydroxylation is 1. The number of likely N-dealkylation sites (tertiary alicyclic amines) is 1. The largest absolute Gasteiger partial charge is 0.394 e. The van der Waals surface area contributed by atoms with Gasteiger partial charge in [-0.2, -0.15) is 5.10 Å². The van der Waals surface area contributed by atoms with E-state index in [1.165, 1.54) is 12.0 Å². The number of amides is 1. The van der Waals surface area contributed by atoms with Crippen LogP contribution in [-0.2, 0) is 17.9 Å². The molecule has 130 valence electrons. The fourth-order valence-electron chi connectivity index (χ4n) is 3.19. The van der Waals surface area contributed by atoms with Crippen molar-refractivity contribution in [1.82, 2.24) is 20.0 Å². The highest BCUT2D eigenvalue weighted by Crippen LogP contribution is 2.13. The lowest BCUT2D eigenvalue weighted by molar-refractivity contribution is -0.130. The zero-order valence-electron chi connectivity index (χ0n) is 14.5. The average Bonchev–Trinajstić information content (AvgIpc) is 2.68. The predicted octanol–water partition coefficient (Wildman–Crippen LogP) is 1.37. The van der Waals surface area contributed by atoms with E-state index in [4.69, 9.17) is 5.11 Å². The number of carbonyl (C=O) groups excluding carboxylic acids is 1. The number of rotatable bonds is 8. The molecule has 6 nitrogen and oxygen atoms in total. The van der Waals surface area contributed by atoms with Gasteiger partial charge in [-0.05, 0) is 39.7 Å². The molecule has 0 saturated carbocycles. The minimum absolute atomic E-state index is 0.110. The van der Waals surface area contributed by atoms with Gasteiger partial charge in [-0.15, -0.1) is 0 Å². The Bertz CT molecular complexity index is 513. The van der Waals surface area contributed by atoms with Crippen LogP contribution >= 0.6 is 0 Å². The van der Waals surface area contributed by atoms with E-state index in [1.807, 2.05) is 23.4 Å². The lowest BCUT2D eigenvalue weighted by Crippen LogP contribution is -2.32. The summed E-state index contributed by atoms with van der Waals surface area (Å²) >= 11 is 0. The molecule has 1 fully saturated rings. The molecule has 1 aromatic rings. The van der Waals surface area contributed by atoms with E-state index in [2.05, 4.69) is 10.4 Å². The molecule has 6 heteroatoms. The summed E-state index contributed by atoms with van der Waals surface area (Å²) in [5.74, 6) is 0.319. The summed E-state index contributed by atoms with van der Waals surface area (Å²) in [6.07, 6.45) is 5.06. The molecule has 1 aromatic heterocycles. The molecular weight excluding hydrogens is 292 g/mol. The number of nitrogens with zero attached hydrogens (tertiary/aromatic N) is 3. The molecule has 23 heavy (non-hydrogen) atoms. The Morgan fingerprint density at radius 1 is 1.22 bits per heavy atom. The number of nitrogens with one attached hydrogen (secondary N) is 1. The van der Waals surface area contributed by atoms with E-state index in [1.54, 1.807) is 0 Å². The number of carbonyl (C=O) groups is 1. The monoisotopic (exact) mass is 322 g/mol. The summed E-state index contributed by atoms with van der Waals surface area (Å²) in [5, 5.41) is 17.0. The van der Waals surface area contributed by atoms with E-state index in [-0.39, 0.29) is 6.61 Å². The maximum atomic E-state index is 11.9. The molecule has 0 spiro atoms. The standard InChI is InChI=1S/C17H30N4O2/c1-14-16(15(2)21(19-14)11-12-22)13-18-8-6-10-20-9-5-3-4-7-17(20)23/h18,22H,3-13H2,1-2H3. The molecule has 0 aliphatic carbocycles. The van der Waals surface area contributed by atoms with Crippen molar-refractivity contribution in [1.29, 1.82) is 0 Å². The number of aliphatic hydroxyl groups excluding tert-OH is 1. The van der Waals surface area contributed by atoms with Gasteiger partial charge >= 0.3 is 0 Å². The lowest BCUT2D eigenvalue weighted by atomic mass is 10.2. The molecule has 1 amide bonds. The van der Waals surface area contributed by atoms with Crippen LogP contribution in [0.4, 0.5) is 0 Å². The zero-order valence-corrected chi connectivity index (χ0v) is 14.5. The average molecular weight is 322 g/mol. The third-order valence-corrected chi connectivity index (χ3v) is 4.60. The lowest BCUT2D eigenvalue weighted by Gasteiger charge is -2.20. The van der Waals surface area contributed by atoms with Crippen LogP contribution < -0.4 is 5.32 Å². The van der Waals surface area contributed by atoms with Crippen molar-refractivity contribution in [3.63, 3.8) is 0 Å². The van der Waals surface area contributed by atoms with Gasteiger partial charge < -0.3 is 15.3 Å². The van der Waals surface area contributed by atoms with Gasteiger partial charge in [-0.3, -0.25) is 9.48 Å². The minimum Gasteiger partial charge on any atom is -0.394 e. The summed E-state index contributed by atoms with van der Waals surface area (Å²) in [4.78, 5) is 13.9. The number of aromatic nitrogens is 2. The van der Waals surface area contributed by atoms with Crippen molar-refractivity contribution >= 4 is 5.91 Å². The van der Waals surface area contributed by atoms with E-state index in [0.29, 0.717) is 12.5 Å². The quantitative estimate of drug-likeness (QED) is 0.709. The van der Waals surface area contributed by atoms with Crippen LogP contribution in [0.5, 0.6) is 0 Å². The van der Waals surface area contributed by atoms with Crippen molar-refractivity contribution in [3.05, 3.63) is 17.0 Å². The summed E-state index contributed by atoms with van der Waals surface area (Å²) in [7, 11) is 0. The smallest absolute Gasteiger partial charge is 0.222 e. The van der Waals surface area contributed by atoms with Gasteiger partial charge in [0, 0.05) is 37.3 Å². The fraction of sp³-hybridized carbons (Fsp3) is 0.765. The molecule has 1 saturated heterocycles. The topological polar surface area (TPSA) is 70.4 Å². The third kappa shape index (κ3) is 5.04. The van der Waals surface area contributed by atoms with Gasteiger partial charge in [0.1, 0.15) is 0 Å². The molecule has 0 radical (unpaired) electrons. The molecule has 0 bridgehead atoms. The van der Waals surface area contributed by atoms with E-state index in [9.17, 15) is 4.79 Å². The van der Waals surface area contributed by atoms with Crippen molar-refractivity contribution in [2.24, 2.45) is 0 Å². The first-order valence-electron chi connectivity index (χ1n) is 8.75. The summed E-state index contributed by atoms with van der Waals surface area (Å²) in [6.45, 7) is 8.17. The first-order chi connectivity index (χ1) is 11.1. The number of aliphatic hydroxyl groups is 1. The zero-order chi connectivity index (χ0) is 16.7. The van der Waals surface area contributed by atoms with Crippen molar-refractivity contribution in [2.75, 3.05) is 26.2 Å². The van der Waals surface area contributed by atoms with Gasteiger partial charge in [0.25, 0.3) is 0 Å². The third-order valence-electron chi connectivity index (χ3n) is 4.60. The molecule has 2 heterocycles. The fourth-order valence-corrected chi connectivity index (χ4v) is 3.19. The maximum absolute atomic E-state index is 11.9. The van der Waals surface area contributed by atoms with E-state index in [0.717, 1.165) is 63.3 Å². The molecular formula is C17H30N4O2. The van der Waals surface area contributed by atoms with Gasteiger partial charge in [0.2, 0.25) is 5.91 Å². The van der Waals surface area contributed by atoms with Gasteiger partial charge in [0.15, 0.2) is 0 Å². The van der Waals surface area contributed by atoms with Gasteiger partial charge in [-0.25, -0.2) is 0 Å². The minimum atomic E-state index is 0.110. The molecule has 0 aromatic carbocycles. The number of hydrogen-bond donors (Lipinski definition) is 2. The van der Waals surface area contributed by atoms with Gasteiger partial charge in [0.05, 0.1) is 18.8 Å². The molecule has 0 atom stereocenters. The normalized spacial score (nSPS) is 16.0. The Balaban J connectivity index is 1.72. The SMILES string of the molecule is Cc1nn(CCO)c(C)c1CNCCCN1CCCCCC1=O. The Hall–Kier alpha value is -1.40. The Morgan fingerprint density at radius 3 is 2.83 bits per heavy atom. The molecule has 2 rings (SSSR count). The van der Waals surface area contributed by atoms with Crippen molar-refractivity contribution in [3.8, 4) is 0 Å². The molecule has 0 unspecified atom stereocenters. The van der Waals surface area contributed by atoms with Crippen LogP contribution in [0.3, 0.4) is 0 Å². The van der Waals surface area contributed by atoms with E-state index >= 15 is 0 Å². The summed E-state index contributed by atoms with van der Waals surface area (Å²) in [6, 6.07) is 0. The highest BCUT2D eigenvalue weighted by atomic mass is 16.3. The second kappa shape index (κ2) is 9.03. The summed E-state index contributed by atoms with van der Waals surface area (Å²) in [5.41, 5.74) is 3.35. The van der Waals surface area contributed by atoms with Crippen LogP contribution in [0, 0.1) is 13.8 Å².